The van der Waals surface area contributed by atoms with E-state index in [2.05, 4.69) is 10.2 Å². The molecule has 2 aromatic carbocycles. The van der Waals surface area contributed by atoms with E-state index < -0.39 is 18.0 Å². The lowest BCUT2D eigenvalue weighted by molar-refractivity contribution is 0.125. The summed E-state index contributed by atoms with van der Waals surface area (Å²) in [5.74, 6) is 0.0584. The van der Waals surface area contributed by atoms with Crippen LogP contribution in [0.3, 0.4) is 0 Å². The van der Waals surface area contributed by atoms with E-state index in [4.69, 9.17) is 13.9 Å². The zero-order valence-electron chi connectivity index (χ0n) is 13.6. The second kappa shape index (κ2) is 6.75. The molecular formula is C18H15N3O5. The molecule has 1 amide bonds. The molecule has 0 spiro atoms. The van der Waals surface area contributed by atoms with Crippen molar-refractivity contribution in [3.8, 4) is 5.75 Å². The van der Waals surface area contributed by atoms with Crippen LogP contribution in [0.15, 0.2) is 63.8 Å². The van der Waals surface area contributed by atoms with E-state index in [0.29, 0.717) is 18.0 Å². The van der Waals surface area contributed by atoms with Gasteiger partial charge in [-0.3, -0.25) is 4.90 Å². The Bertz CT molecular complexity index is 949. The molecular weight excluding hydrogens is 338 g/mol. The number of anilines is 1. The van der Waals surface area contributed by atoms with Crippen LogP contribution in [0.5, 0.6) is 5.75 Å². The third-order valence-electron chi connectivity index (χ3n) is 3.94. The van der Waals surface area contributed by atoms with Gasteiger partial charge in [0, 0.05) is 5.69 Å². The maximum atomic E-state index is 12.1. The van der Waals surface area contributed by atoms with Crippen LogP contribution in [-0.2, 0) is 11.3 Å². The fraction of sp³-hybridized carbons (Fsp3) is 0.167. The van der Waals surface area contributed by atoms with Gasteiger partial charge in [0.25, 0.3) is 5.89 Å². The molecule has 0 aliphatic carbocycles. The molecule has 0 radical (unpaired) electrons. The summed E-state index contributed by atoms with van der Waals surface area (Å²) in [4.78, 5) is 24.5. The quantitative estimate of drug-likeness (QED) is 0.757. The summed E-state index contributed by atoms with van der Waals surface area (Å²) in [7, 11) is 0. The van der Waals surface area contributed by atoms with Crippen molar-refractivity contribution >= 4 is 11.8 Å². The van der Waals surface area contributed by atoms with Crippen LogP contribution in [0, 0.1) is 0 Å². The van der Waals surface area contributed by atoms with Crippen LogP contribution in [0.25, 0.3) is 0 Å². The number of aromatic nitrogens is 2. The van der Waals surface area contributed by atoms with E-state index in [1.54, 1.807) is 24.3 Å². The molecule has 8 nitrogen and oxygen atoms in total. The summed E-state index contributed by atoms with van der Waals surface area (Å²) in [6, 6.07) is 17.0. The maximum absolute atomic E-state index is 12.1. The topological polar surface area (TPSA) is 97.7 Å². The second-order valence-corrected chi connectivity index (χ2v) is 5.70. The van der Waals surface area contributed by atoms with Gasteiger partial charge >= 0.3 is 11.8 Å². The number of amides is 1. The Morgan fingerprint density at radius 2 is 1.88 bits per heavy atom. The molecule has 1 fully saturated rings. The lowest BCUT2D eigenvalue weighted by Gasteiger charge is -2.13. The lowest BCUT2D eigenvalue weighted by Crippen LogP contribution is -2.23. The van der Waals surface area contributed by atoms with Gasteiger partial charge in [0.2, 0.25) is 0 Å². The highest BCUT2D eigenvalue weighted by atomic mass is 16.6. The van der Waals surface area contributed by atoms with Gasteiger partial charge in [-0.2, -0.15) is 0 Å². The van der Waals surface area contributed by atoms with Gasteiger partial charge in [0.15, 0.2) is 6.10 Å². The molecule has 3 aromatic rings. The lowest BCUT2D eigenvalue weighted by atomic mass is 10.2. The van der Waals surface area contributed by atoms with Crippen LogP contribution in [0.4, 0.5) is 10.5 Å². The molecule has 1 aliphatic heterocycles. The van der Waals surface area contributed by atoms with Crippen molar-refractivity contribution in [2.75, 3.05) is 11.4 Å². The van der Waals surface area contributed by atoms with E-state index in [1.807, 2.05) is 30.3 Å². The van der Waals surface area contributed by atoms with Gasteiger partial charge in [-0.1, -0.05) is 30.3 Å². The second-order valence-electron chi connectivity index (χ2n) is 5.70. The molecule has 132 valence electrons. The van der Waals surface area contributed by atoms with Crippen LogP contribution in [0.2, 0.25) is 0 Å². The van der Waals surface area contributed by atoms with Crippen molar-refractivity contribution in [1.82, 2.24) is 10.2 Å². The Morgan fingerprint density at radius 3 is 2.58 bits per heavy atom. The van der Waals surface area contributed by atoms with Gasteiger partial charge in [0.1, 0.15) is 12.4 Å². The minimum Gasteiger partial charge on any atom is -0.489 e. The summed E-state index contributed by atoms with van der Waals surface area (Å²) < 4.78 is 15.8. The number of cyclic esters (lactones) is 1. The standard InChI is InChI=1S/C18H15N3O5/c22-17-20-19-16(26-17)15-10-21(18(23)25-15)13-6-8-14(9-7-13)24-11-12-4-2-1-3-5-12/h1-9,15H,10-11H2,(H,20,22). The van der Waals surface area contributed by atoms with E-state index in [0.717, 1.165) is 5.56 Å². The number of ether oxygens (including phenoxy) is 2. The summed E-state index contributed by atoms with van der Waals surface area (Å²) in [6.45, 7) is 0.670. The summed E-state index contributed by atoms with van der Waals surface area (Å²) >= 11 is 0. The summed E-state index contributed by atoms with van der Waals surface area (Å²) in [5.41, 5.74) is 1.73. The van der Waals surface area contributed by atoms with Crippen molar-refractivity contribution < 1.29 is 18.7 Å². The van der Waals surface area contributed by atoms with E-state index >= 15 is 0 Å². The largest absolute Gasteiger partial charge is 0.489 e. The number of hydrogen-bond donors (Lipinski definition) is 1. The van der Waals surface area contributed by atoms with Crippen molar-refractivity contribution in [3.05, 3.63) is 76.6 Å². The maximum Gasteiger partial charge on any atom is 0.434 e. The minimum absolute atomic E-state index is 0.0497. The number of hydrogen-bond acceptors (Lipinski definition) is 6. The van der Waals surface area contributed by atoms with Crippen LogP contribution in [-0.4, -0.2) is 22.8 Å². The Kier molecular flexibility index (Phi) is 4.14. The van der Waals surface area contributed by atoms with Crippen LogP contribution in [0.1, 0.15) is 17.6 Å². The molecule has 1 saturated heterocycles. The van der Waals surface area contributed by atoms with Crippen LogP contribution >= 0.6 is 0 Å². The van der Waals surface area contributed by atoms with E-state index in [1.165, 1.54) is 4.90 Å². The Balaban J connectivity index is 1.41. The number of carbonyl (C=O) groups excluding carboxylic acids is 1. The molecule has 4 rings (SSSR count). The fourth-order valence-electron chi connectivity index (χ4n) is 2.64. The fourth-order valence-corrected chi connectivity index (χ4v) is 2.64. The zero-order chi connectivity index (χ0) is 17.9. The zero-order valence-corrected chi connectivity index (χ0v) is 13.6. The first-order valence-corrected chi connectivity index (χ1v) is 7.99. The number of benzene rings is 2. The molecule has 1 unspecified atom stereocenters. The predicted molar refractivity (Wildman–Crippen MR) is 90.9 cm³/mol. The van der Waals surface area contributed by atoms with Gasteiger partial charge in [0.05, 0.1) is 6.54 Å². The Labute approximate surface area is 148 Å². The average Bonchev–Trinajstić information content (AvgIpc) is 3.27. The summed E-state index contributed by atoms with van der Waals surface area (Å²) in [5, 5.41) is 5.85. The van der Waals surface area contributed by atoms with Gasteiger partial charge < -0.3 is 13.9 Å². The van der Waals surface area contributed by atoms with Gasteiger partial charge in [-0.25, -0.2) is 14.7 Å². The molecule has 1 atom stereocenters. The third-order valence-corrected chi connectivity index (χ3v) is 3.94. The molecule has 2 heterocycles. The number of nitrogens with one attached hydrogen (secondary N) is 1. The summed E-state index contributed by atoms with van der Waals surface area (Å²) in [6.07, 6.45) is -1.26. The molecule has 1 N–H and O–H groups in total. The van der Waals surface area contributed by atoms with Gasteiger partial charge in [-0.05, 0) is 29.8 Å². The Hall–Kier alpha value is -3.55. The number of carbonyl (C=O) groups is 1. The highest BCUT2D eigenvalue weighted by Gasteiger charge is 2.36. The molecule has 0 saturated carbocycles. The average molecular weight is 353 g/mol. The number of rotatable bonds is 5. The third kappa shape index (κ3) is 3.30. The molecule has 26 heavy (non-hydrogen) atoms. The predicted octanol–water partition coefficient (Wildman–Crippen LogP) is 2.64. The first kappa shape index (κ1) is 15.9. The SMILES string of the molecule is O=C1OC(c2n[nH]c(=O)o2)CN1c1ccc(OCc2ccccc2)cc1. The number of nitrogens with zero attached hydrogens (tertiary/aromatic N) is 2. The van der Waals surface area contributed by atoms with Crippen LogP contribution < -0.4 is 15.4 Å². The highest BCUT2D eigenvalue weighted by Crippen LogP contribution is 2.29. The molecule has 0 bridgehead atoms. The number of aromatic amines is 1. The molecule has 8 heteroatoms. The van der Waals surface area contributed by atoms with Gasteiger partial charge in [-0.15, -0.1) is 5.10 Å². The molecule has 1 aliphatic rings. The Morgan fingerprint density at radius 1 is 1.12 bits per heavy atom. The monoisotopic (exact) mass is 353 g/mol. The first-order valence-electron chi connectivity index (χ1n) is 7.99. The minimum atomic E-state index is -0.726. The van der Waals surface area contributed by atoms with E-state index in [-0.39, 0.29) is 12.4 Å². The smallest absolute Gasteiger partial charge is 0.434 e. The normalized spacial score (nSPS) is 16.5. The van der Waals surface area contributed by atoms with Crippen molar-refractivity contribution in [3.63, 3.8) is 0 Å². The number of H-pyrrole nitrogens is 1. The van der Waals surface area contributed by atoms with Crippen molar-refractivity contribution in [1.29, 1.82) is 0 Å². The van der Waals surface area contributed by atoms with Crippen molar-refractivity contribution in [2.45, 2.75) is 12.7 Å². The molecule has 1 aromatic heterocycles. The first-order chi connectivity index (χ1) is 12.7. The van der Waals surface area contributed by atoms with E-state index in [9.17, 15) is 9.59 Å². The van der Waals surface area contributed by atoms with Crippen molar-refractivity contribution in [2.24, 2.45) is 0 Å². The highest BCUT2D eigenvalue weighted by molar-refractivity contribution is 5.89.